The number of hydrogen-bond donors (Lipinski definition) is 2. The number of anilines is 2. The van der Waals surface area contributed by atoms with Gasteiger partial charge < -0.3 is 24.8 Å². The van der Waals surface area contributed by atoms with Crippen molar-refractivity contribution in [1.82, 2.24) is 9.47 Å². The van der Waals surface area contributed by atoms with E-state index in [-0.39, 0.29) is 18.1 Å². The van der Waals surface area contributed by atoms with E-state index < -0.39 is 24.9 Å². The SMILES string of the molecule is CCc1cc(OC)c(NCC#Cc2cc3c(N[C@@H]4CCN(C)C[C@@H]4F)cccc3n2CC(F)(F)F)cc1F. The first-order chi connectivity index (χ1) is 18.1. The summed E-state index contributed by atoms with van der Waals surface area (Å²) in [5, 5.41) is 6.72. The van der Waals surface area contributed by atoms with Gasteiger partial charge in [-0.25, -0.2) is 8.78 Å². The summed E-state index contributed by atoms with van der Waals surface area (Å²) in [4.78, 5) is 1.91. The minimum atomic E-state index is -4.46. The Morgan fingerprint density at radius 2 is 1.95 bits per heavy atom. The molecule has 0 radical (unpaired) electrons. The van der Waals surface area contributed by atoms with Crippen LogP contribution in [0.3, 0.4) is 0 Å². The maximum Gasteiger partial charge on any atom is 0.406 e. The lowest BCUT2D eigenvalue weighted by molar-refractivity contribution is -0.140. The third kappa shape index (κ3) is 6.33. The molecule has 1 aromatic heterocycles. The molecule has 0 amide bonds. The van der Waals surface area contributed by atoms with E-state index in [1.807, 2.05) is 18.9 Å². The molecule has 0 bridgehead atoms. The van der Waals surface area contributed by atoms with Crippen molar-refractivity contribution in [2.45, 2.75) is 44.7 Å². The first kappa shape index (κ1) is 27.6. The van der Waals surface area contributed by atoms with Gasteiger partial charge in [0.05, 0.1) is 36.6 Å². The number of benzene rings is 2. The molecule has 0 saturated carbocycles. The fourth-order valence-electron chi connectivity index (χ4n) is 4.73. The van der Waals surface area contributed by atoms with Gasteiger partial charge in [0.1, 0.15) is 24.3 Å². The number of nitrogens with zero attached hydrogens (tertiary/aromatic N) is 2. The summed E-state index contributed by atoms with van der Waals surface area (Å²) in [7, 11) is 3.33. The number of aromatic nitrogens is 1. The minimum absolute atomic E-state index is 0.0546. The summed E-state index contributed by atoms with van der Waals surface area (Å²) >= 11 is 0. The Morgan fingerprint density at radius 3 is 2.63 bits per heavy atom. The third-order valence-corrected chi connectivity index (χ3v) is 6.70. The predicted molar refractivity (Wildman–Crippen MR) is 140 cm³/mol. The Hall–Kier alpha value is -3.45. The molecule has 0 aliphatic carbocycles. The van der Waals surface area contributed by atoms with Crippen molar-refractivity contribution in [3.05, 3.63) is 53.5 Å². The zero-order valence-electron chi connectivity index (χ0n) is 21.6. The molecule has 204 valence electrons. The number of halogens is 5. The van der Waals surface area contributed by atoms with Gasteiger partial charge in [-0.3, -0.25) is 0 Å². The second-order valence-electron chi connectivity index (χ2n) is 9.44. The van der Waals surface area contributed by atoms with Crippen LogP contribution < -0.4 is 15.4 Å². The molecular weight excluding hydrogens is 503 g/mol. The van der Waals surface area contributed by atoms with Crippen LogP contribution >= 0.6 is 0 Å². The van der Waals surface area contributed by atoms with Crippen molar-refractivity contribution in [1.29, 1.82) is 0 Å². The zero-order chi connectivity index (χ0) is 27.4. The van der Waals surface area contributed by atoms with E-state index in [9.17, 15) is 22.0 Å². The number of methoxy groups -OCH3 is 1. The molecular formula is C28H31F5N4O. The largest absolute Gasteiger partial charge is 0.495 e. The average molecular weight is 535 g/mol. The van der Waals surface area contributed by atoms with E-state index in [0.29, 0.717) is 53.0 Å². The highest BCUT2D eigenvalue weighted by Crippen LogP contribution is 2.32. The van der Waals surface area contributed by atoms with Crippen LogP contribution in [0.25, 0.3) is 10.9 Å². The van der Waals surface area contributed by atoms with Crippen LogP contribution in [0.4, 0.5) is 33.3 Å². The Bertz CT molecular complexity index is 1340. The minimum Gasteiger partial charge on any atom is -0.495 e. The van der Waals surface area contributed by atoms with Crippen LogP contribution in [-0.2, 0) is 13.0 Å². The van der Waals surface area contributed by atoms with Gasteiger partial charge >= 0.3 is 6.18 Å². The van der Waals surface area contributed by atoms with Crippen molar-refractivity contribution >= 4 is 22.3 Å². The summed E-state index contributed by atoms with van der Waals surface area (Å²) in [6, 6.07) is 9.07. The molecule has 1 saturated heterocycles. The van der Waals surface area contributed by atoms with Gasteiger partial charge in [-0.1, -0.05) is 18.9 Å². The highest BCUT2D eigenvalue weighted by molar-refractivity contribution is 5.94. The highest BCUT2D eigenvalue weighted by Gasteiger charge is 2.31. The molecule has 0 unspecified atom stereocenters. The normalized spacial score (nSPS) is 18.2. The molecule has 2 aromatic carbocycles. The Kier molecular flexibility index (Phi) is 8.36. The fourth-order valence-corrected chi connectivity index (χ4v) is 4.73. The van der Waals surface area contributed by atoms with Gasteiger partial charge in [0.25, 0.3) is 0 Å². The molecule has 1 fully saturated rings. The van der Waals surface area contributed by atoms with E-state index in [4.69, 9.17) is 4.74 Å². The lowest BCUT2D eigenvalue weighted by atomic mass is 10.0. The maximum absolute atomic E-state index is 14.6. The van der Waals surface area contributed by atoms with Gasteiger partial charge in [0.15, 0.2) is 0 Å². The van der Waals surface area contributed by atoms with Crippen molar-refractivity contribution in [3.63, 3.8) is 0 Å². The average Bonchev–Trinajstić information content (AvgIpc) is 3.20. The third-order valence-electron chi connectivity index (χ3n) is 6.70. The van der Waals surface area contributed by atoms with Crippen molar-refractivity contribution in [3.8, 4) is 17.6 Å². The van der Waals surface area contributed by atoms with Crippen LogP contribution in [0.2, 0.25) is 0 Å². The molecule has 0 spiro atoms. The first-order valence-electron chi connectivity index (χ1n) is 12.5. The molecule has 5 nitrogen and oxygen atoms in total. The topological polar surface area (TPSA) is 41.5 Å². The number of piperidine rings is 1. The lowest BCUT2D eigenvalue weighted by Crippen LogP contribution is -2.46. The lowest BCUT2D eigenvalue weighted by Gasteiger charge is -2.33. The predicted octanol–water partition coefficient (Wildman–Crippen LogP) is 5.83. The molecule has 2 heterocycles. The van der Waals surface area contributed by atoms with Gasteiger partial charge in [0, 0.05) is 30.2 Å². The van der Waals surface area contributed by atoms with Gasteiger partial charge in [0.2, 0.25) is 0 Å². The summed E-state index contributed by atoms with van der Waals surface area (Å²) in [6.07, 6.45) is -4.47. The van der Waals surface area contributed by atoms with Crippen LogP contribution in [0.5, 0.6) is 5.75 Å². The number of fused-ring (bicyclic) bond motifs is 1. The summed E-state index contributed by atoms with van der Waals surface area (Å²) in [5.74, 6) is 5.73. The van der Waals surface area contributed by atoms with Gasteiger partial charge in [-0.15, -0.1) is 0 Å². The van der Waals surface area contributed by atoms with Crippen molar-refractivity contribution < 1.29 is 26.7 Å². The summed E-state index contributed by atoms with van der Waals surface area (Å²) in [6.45, 7) is 1.69. The number of ether oxygens (including phenoxy) is 1. The number of alkyl halides is 4. The van der Waals surface area contributed by atoms with E-state index in [1.165, 1.54) is 13.2 Å². The molecule has 4 rings (SSSR count). The van der Waals surface area contributed by atoms with Crippen LogP contribution in [0, 0.1) is 17.7 Å². The van der Waals surface area contributed by atoms with E-state index in [1.54, 1.807) is 30.3 Å². The monoisotopic (exact) mass is 534 g/mol. The fraction of sp³-hybridized carbons (Fsp3) is 0.429. The number of nitrogens with one attached hydrogen (secondary N) is 2. The van der Waals surface area contributed by atoms with E-state index in [2.05, 4.69) is 22.5 Å². The Labute approximate surface area is 218 Å². The molecule has 2 atom stereocenters. The molecule has 3 aromatic rings. The Morgan fingerprint density at radius 1 is 1.16 bits per heavy atom. The quantitative estimate of drug-likeness (QED) is 0.296. The number of likely N-dealkylation sites (tertiary alicyclic amines) is 1. The molecule has 38 heavy (non-hydrogen) atoms. The first-order valence-corrected chi connectivity index (χ1v) is 12.5. The van der Waals surface area contributed by atoms with Crippen molar-refractivity contribution in [2.75, 3.05) is 44.4 Å². The molecule has 10 heteroatoms. The van der Waals surface area contributed by atoms with Gasteiger partial charge in [-0.05, 0) is 55.6 Å². The Balaban J connectivity index is 1.61. The molecule has 1 aliphatic rings. The maximum atomic E-state index is 14.6. The molecule has 1 aliphatic heterocycles. The number of aryl methyl sites for hydroxylation is 1. The second-order valence-corrected chi connectivity index (χ2v) is 9.44. The van der Waals surface area contributed by atoms with E-state index >= 15 is 0 Å². The standard InChI is InChI=1S/C28H31F5N4O/c1-4-18-13-27(38-3)25(15-21(18)29)34-11-6-7-19-14-20-23(35-24-10-12-36(2)16-22(24)30)8-5-9-26(20)37(19)17-28(31,32)33/h5,8-9,13-15,22,24,34-35H,4,10-12,16-17H2,1-3H3/t22-,24+/m0/s1. The number of rotatable bonds is 7. The van der Waals surface area contributed by atoms with Gasteiger partial charge in [-0.2, -0.15) is 13.2 Å². The second kappa shape index (κ2) is 11.5. The smallest absolute Gasteiger partial charge is 0.406 e. The van der Waals surface area contributed by atoms with Crippen molar-refractivity contribution in [2.24, 2.45) is 0 Å². The summed E-state index contributed by atoms with van der Waals surface area (Å²) < 4.78 is 75.8. The van der Waals surface area contributed by atoms with E-state index in [0.717, 1.165) is 11.1 Å². The van der Waals surface area contributed by atoms with Crippen LogP contribution in [0.1, 0.15) is 24.6 Å². The molecule has 2 N–H and O–H groups in total. The van der Waals surface area contributed by atoms with Crippen LogP contribution in [0.15, 0.2) is 36.4 Å². The summed E-state index contributed by atoms with van der Waals surface area (Å²) in [5.41, 5.74) is 2.01. The number of hydrogen-bond acceptors (Lipinski definition) is 4. The highest BCUT2D eigenvalue weighted by atomic mass is 19.4. The zero-order valence-corrected chi connectivity index (χ0v) is 21.6. The van der Waals surface area contributed by atoms with Crippen LogP contribution in [-0.4, -0.2) is 61.6 Å².